The van der Waals surface area contributed by atoms with Crippen LogP contribution in [0.5, 0.6) is 0 Å². The molecule has 35 heavy (non-hydrogen) atoms. The van der Waals surface area contributed by atoms with E-state index in [0.717, 1.165) is 0 Å². The van der Waals surface area contributed by atoms with E-state index in [1.807, 2.05) is 0 Å². The smallest absolute Gasteiger partial charge is 0.0548 e. The summed E-state index contributed by atoms with van der Waals surface area (Å²) >= 11 is 0. The summed E-state index contributed by atoms with van der Waals surface area (Å²) in [4.78, 5) is 0. The van der Waals surface area contributed by atoms with Crippen LogP contribution in [-0.2, 0) is 7.05 Å². The van der Waals surface area contributed by atoms with Crippen LogP contribution in [0.1, 0.15) is 11.1 Å². The summed E-state index contributed by atoms with van der Waals surface area (Å²) < 4.78 is 4.76. The van der Waals surface area contributed by atoms with E-state index < -0.39 is 0 Å². The van der Waals surface area contributed by atoms with Gasteiger partial charge in [-0.1, -0.05) is 60.7 Å². The van der Waals surface area contributed by atoms with Gasteiger partial charge in [0.2, 0.25) is 0 Å². The van der Waals surface area contributed by atoms with E-state index in [4.69, 9.17) is 0 Å². The van der Waals surface area contributed by atoms with Gasteiger partial charge in [-0.3, -0.25) is 0 Å². The zero-order valence-electron chi connectivity index (χ0n) is 20.2. The number of hydrogen-bond acceptors (Lipinski definition) is 0. The van der Waals surface area contributed by atoms with E-state index in [2.05, 4.69) is 133 Å². The highest BCUT2D eigenvalue weighted by atomic mass is 15.0. The lowest BCUT2D eigenvalue weighted by molar-refractivity contribution is 1.01. The first kappa shape index (κ1) is 20.1. The fraction of sp³-hybridized carbons (Fsp3) is 0.0909. The number of benzene rings is 5. The minimum atomic E-state index is 1.19. The predicted octanol–water partition coefficient (Wildman–Crippen LogP) is 8.71. The molecule has 2 nitrogen and oxygen atoms in total. The highest BCUT2D eigenvalue weighted by Crippen LogP contribution is 2.40. The van der Waals surface area contributed by atoms with Crippen LogP contribution >= 0.6 is 0 Å². The molecule has 0 amide bonds. The van der Waals surface area contributed by atoms with Crippen LogP contribution in [0.2, 0.25) is 0 Å². The number of aryl methyl sites for hydroxylation is 3. The van der Waals surface area contributed by atoms with E-state index in [9.17, 15) is 0 Å². The summed E-state index contributed by atoms with van der Waals surface area (Å²) in [6.45, 7) is 4.43. The second-order valence-electron chi connectivity index (χ2n) is 9.63. The van der Waals surface area contributed by atoms with Crippen LogP contribution in [0.25, 0.3) is 60.4 Å². The van der Waals surface area contributed by atoms with E-state index in [1.54, 1.807) is 0 Å². The normalized spacial score (nSPS) is 11.9. The Bertz CT molecular complexity index is 1920. The summed E-state index contributed by atoms with van der Waals surface area (Å²) in [5.41, 5.74) is 11.5. The third-order valence-electron chi connectivity index (χ3n) is 7.60. The monoisotopic (exact) mass is 450 g/mol. The van der Waals surface area contributed by atoms with Crippen LogP contribution in [0.3, 0.4) is 0 Å². The van der Waals surface area contributed by atoms with Crippen LogP contribution in [0.15, 0.2) is 103 Å². The average molecular weight is 451 g/mol. The van der Waals surface area contributed by atoms with E-state index in [-0.39, 0.29) is 0 Å². The molecule has 0 spiro atoms. The van der Waals surface area contributed by atoms with E-state index in [0.29, 0.717) is 0 Å². The Labute approximate surface area is 204 Å². The summed E-state index contributed by atoms with van der Waals surface area (Å²) in [6.07, 6.45) is 0. The van der Waals surface area contributed by atoms with Crippen molar-refractivity contribution < 1.29 is 0 Å². The number of fused-ring (bicyclic) bond motifs is 6. The molecule has 0 saturated heterocycles. The number of para-hydroxylation sites is 2. The Kier molecular flexibility index (Phi) is 4.22. The maximum atomic E-state index is 2.40. The second kappa shape index (κ2) is 7.35. The van der Waals surface area contributed by atoms with Crippen LogP contribution in [0, 0.1) is 13.8 Å². The number of hydrogen-bond donors (Lipinski definition) is 0. The SMILES string of the molecule is Cc1ccccc1-c1cc2c(cc1C)c1cc3c(cc1n2C)c1ccccc1n3-c1ccccc1. The van der Waals surface area contributed by atoms with Gasteiger partial charge in [0.1, 0.15) is 0 Å². The van der Waals surface area contributed by atoms with Crippen molar-refractivity contribution in [3.05, 3.63) is 114 Å². The molecule has 0 N–H and O–H groups in total. The van der Waals surface area contributed by atoms with Crippen molar-refractivity contribution in [3.8, 4) is 16.8 Å². The number of rotatable bonds is 2. The highest BCUT2D eigenvalue weighted by molar-refractivity contribution is 6.18. The Morgan fingerprint density at radius 1 is 0.457 bits per heavy atom. The molecule has 168 valence electrons. The highest BCUT2D eigenvalue weighted by Gasteiger charge is 2.18. The van der Waals surface area contributed by atoms with Gasteiger partial charge in [0.25, 0.3) is 0 Å². The van der Waals surface area contributed by atoms with Crippen LogP contribution in [0.4, 0.5) is 0 Å². The molecule has 7 aromatic rings. The first-order valence-electron chi connectivity index (χ1n) is 12.2. The van der Waals surface area contributed by atoms with Gasteiger partial charge < -0.3 is 9.13 Å². The zero-order chi connectivity index (χ0) is 23.7. The molecule has 7 rings (SSSR count). The molecule has 0 aliphatic heterocycles. The predicted molar refractivity (Wildman–Crippen MR) is 150 cm³/mol. The standard InChI is InChI=1S/C33H26N2/c1-21-11-7-8-14-24(21)26-18-31-27(17-22(26)2)29-20-33-28(19-32(29)34(31)3)25-15-9-10-16-30(25)35(33)23-12-5-4-6-13-23/h4-20H,1-3H3. The lowest BCUT2D eigenvalue weighted by Gasteiger charge is -2.10. The first-order chi connectivity index (χ1) is 17.1. The van der Waals surface area contributed by atoms with Gasteiger partial charge in [-0.15, -0.1) is 0 Å². The Morgan fingerprint density at radius 3 is 1.91 bits per heavy atom. The van der Waals surface area contributed by atoms with Crippen molar-refractivity contribution in [2.75, 3.05) is 0 Å². The van der Waals surface area contributed by atoms with Gasteiger partial charge in [0.05, 0.1) is 11.0 Å². The number of nitrogens with zero attached hydrogens (tertiary/aromatic N) is 2. The molecule has 0 radical (unpaired) electrons. The molecule has 2 heteroatoms. The van der Waals surface area contributed by atoms with Gasteiger partial charge >= 0.3 is 0 Å². The van der Waals surface area contributed by atoms with Crippen molar-refractivity contribution in [2.24, 2.45) is 7.05 Å². The van der Waals surface area contributed by atoms with Gasteiger partial charge in [0.15, 0.2) is 0 Å². The molecule has 0 saturated carbocycles. The fourth-order valence-corrected chi connectivity index (χ4v) is 5.84. The van der Waals surface area contributed by atoms with E-state index in [1.165, 1.54) is 71.6 Å². The molecular formula is C33H26N2. The molecule has 0 aliphatic rings. The van der Waals surface area contributed by atoms with Crippen molar-refractivity contribution >= 4 is 43.6 Å². The first-order valence-corrected chi connectivity index (χ1v) is 12.2. The lowest BCUT2D eigenvalue weighted by Crippen LogP contribution is -1.93. The largest absolute Gasteiger partial charge is 0.344 e. The minimum Gasteiger partial charge on any atom is -0.344 e. The lowest BCUT2D eigenvalue weighted by atomic mass is 9.95. The van der Waals surface area contributed by atoms with Crippen molar-refractivity contribution in [1.82, 2.24) is 9.13 Å². The molecule has 2 heterocycles. The topological polar surface area (TPSA) is 9.86 Å². The quantitative estimate of drug-likeness (QED) is 0.249. The number of aromatic nitrogens is 2. The summed E-state index contributed by atoms with van der Waals surface area (Å²) in [5.74, 6) is 0. The van der Waals surface area contributed by atoms with Crippen LogP contribution in [-0.4, -0.2) is 9.13 Å². The summed E-state index contributed by atoms with van der Waals surface area (Å²) in [6, 6.07) is 37.6. The van der Waals surface area contributed by atoms with Crippen molar-refractivity contribution in [2.45, 2.75) is 13.8 Å². The molecule has 0 aliphatic carbocycles. The minimum absolute atomic E-state index is 1.19. The van der Waals surface area contributed by atoms with Crippen molar-refractivity contribution in [1.29, 1.82) is 0 Å². The van der Waals surface area contributed by atoms with Crippen LogP contribution < -0.4 is 0 Å². The summed E-state index contributed by atoms with van der Waals surface area (Å²) in [5, 5.41) is 5.19. The molecule has 0 atom stereocenters. The molecule has 0 fully saturated rings. The third kappa shape index (κ3) is 2.83. The maximum Gasteiger partial charge on any atom is 0.0548 e. The van der Waals surface area contributed by atoms with Gasteiger partial charge in [-0.2, -0.15) is 0 Å². The van der Waals surface area contributed by atoms with Gasteiger partial charge in [-0.05, 0) is 78.6 Å². The fourth-order valence-electron chi connectivity index (χ4n) is 5.84. The Hall–Kier alpha value is -4.30. The summed E-state index contributed by atoms with van der Waals surface area (Å²) in [7, 11) is 2.20. The molecule has 2 aromatic heterocycles. The second-order valence-corrected chi connectivity index (χ2v) is 9.63. The van der Waals surface area contributed by atoms with Crippen molar-refractivity contribution in [3.63, 3.8) is 0 Å². The molecule has 5 aromatic carbocycles. The van der Waals surface area contributed by atoms with E-state index >= 15 is 0 Å². The molecular weight excluding hydrogens is 424 g/mol. The van der Waals surface area contributed by atoms with Gasteiger partial charge in [0, 0.05) is 45.3 Å². The average Bonchev–Trinajstić information content (AvgIpc) is 3.35. The Morgan fingerprint density at radius 2 is 1.09 bits per heavy atom. The Balaban J connectivity index is 1.60. The zero-order valence-corrected chi connectivity index (χ0v) is 20.2. The maximum absolute atomic E-state index is 2.40. The molecule has 0 bridgehead atoms. The third-order valence-corrected chi connectivity index (χ3v) is 7.60. The molecule has 0 unspecified atom stereocenters. The van der Waals surface area contributed by atoms with Gasteiger partial charge in [-0.25, -0.2) is 0 Å².